The van der Waals surface area contributed by atoms with E-state index in [0.29, 0.717) is 18.1 Å². The molecule has 148 valence electrons. The third-order valence-electron chi connectivity index (χ3n) is 3.90. The summed E-state index contributed by atoms with van der Waals surface area (Å²) >= 11 is 0. The number of ether oxygens (including phenoxy) is 1. The Morgan fingerprint density at radius 3 is 2.48 bits per heavy atom. The molecule has 27 heavy (non-hydrogen) atoms. The van der Waals surface area contributed by atoms with Crippen molar-refractivity contribution in [3.63, 3.8) is 0 Å². The van der Waals surface area contributed by atoms with E-state index in [-0.39, 0.29) is 29.9 Å². The Labute approximate surface area is 160 Å². The van der Waals surface area contributed by atoms with Gasteiger partial charge in [0.15, 0.2) is 11.5 Å². The Bertz CT molecular complexity index is 858. The fourth-order valence-corrected chi connectivity index (χ4v) is 2.99. The zero-order chi connectivity index (χ0) is 20.0. The van der Waals surface area contributed by atoms with Gasteiger partial charge in [0, 0.05) is 12.5 Å². The normalized spacial score (nSPS) is 11.4. The molecule has 1 heterocycles. The molecule has 0 N–H and O–H groups in total. The first-order valence-electron chi connectivity index (χ1n) is 8.66. The minimum Gasteiger partial charge on any atom is -0.493 e. The Hall–Kier alpha value is -2.48. The molecule has 0 saturated carbocycles. The highest BCUT2D eigenvalue weighted by atomic mass is 32.2. The average Bonchev–Trinajstić information content (AvgIpc) is 3.13. The van der Waals surface area contributed by atoms with Crippen molar-refractivity contribution in [2.75, 3.05) is 12.9 Å². The Balaban J connectivity index is 2.29. The largest absolute Gasteiger partial charge is 0.493 e. The molecule has 8 heteroatoms. The zero-order valence-corrected chi connectivity index (χ0v) is 16.8. The van der Waals surface area contributed by atoms with Crippen LogP contribution < -0.4 is 8.92 Å². The summed E-state index contributed by atoms with van der Waals surface area (Å²) in [6, 6.07) is 8.54. The number of hydrogen-bond acceptors (Lipinski definition) is 6. The van der Waals surface area contributed by atoms with E-state index < -0.39 is 10.1 Å². The molecule has 0 aliphatic heterocycles. The van der Waals surface area contributed by atoms with Crippen molar-refractivity contribution in [2.45, 2.75) is 33.9 Å². The molecule has 2 aromatic rings. The maximum absolute atomic E-state index is 12.6. The van der Waals surface area contributed by atoms with Gasteiger partial charge in [-0.1, -0.05) is 19.9 Å². The zero-order valence-electron chi connectivity index (χ0n) is 16.0. The van der Waals surface area contributed by atoms with E-state index in [9.17, 15) is 13.2 Å². The number of carbonyl (C=O) groups excluding carboxylic acids is 1. The van der Waals surface area contributed by atoms with Gasteiger partial charge >= 0.3 is 10.1 Å². The summed E-state index contributed by atoms with van der Waals surface area (Å²) in [5.41, 5.74) is 0.720. The molecule has 7 nitrogen and oxygen atoms in total. The van der Waals surface area contributed by atoms with Gasteiger partial charge in [-0.15, -0.1) is 0 Å². The highest BCUT2D eigenvalue weighted by Gasteiger charge is 2.20. The summed E-state index contributed by atoms with van der Waals surface area (Å²) in [6.45, 7) is 5.75. The van der Waals surface area contributed by atoms with Crippen molar-refractivity contribution in [3.05, 3.63) is 47.9 Å². The number of hydrogen-bond donors (Lipinski definition) is 0. The second-order valence-corrected chi connectivity index (χ2v) is 8.20. The molecule has 0 atom stereocenters. The van der Waals surface area contributed by atoms with Crippen LogP contribution in [0.25, 0.3) is 0 Å². The lowest BCUT2D eigenvalue weighted by atomic mass is 10.1. The summed E-state index contributed by atoms with van der Waals surface area (Å²) in [6.07, 6.45) is 1.56. The minimum atomic E-state index is -3.70. The minimum absolute atomic E-state index is 0.0362. The van der Waals surface area contributed by atoms with Crippen LogP contribution in [0, 0.1) is 5.92 Å². The smallest absolute Gasteiger partial charge is 0.309 e. The Morgan fingerprint density at radius 2 is 1.93 bits per heavy atom. The topological polar surface area (TPSA) is 86.1 Å². The van der Waals surface area contributed by atoms with E-state index in [1.165, 1.54) is 14.0 Å². The highest BCUT2D eigenvalue weighted by molar-refractivity contribution is 7.87. The Morgan fingerprint density at radius 1 is 1.19 bits per heavy atom. The summed E-state index contributed by atoms with van der Waals surface area (Å²) in [4.78, 5) is 14.2. The van der Waals surface area contributed by atoms with Gasteiger partial charge in [0.05, 0.1) is 25.7 Å². The van der Waals surface area contributed by atoms with Crippen LogP contribution >= 0.6 is 0 Å². The second kappa shape index (κ2) is 8.94. The molecule has 0 aliphatic rings. The molecule has 1 aromatic heterocycles. The van der Waals surface area contributed by atoms with Crippen molar-refractivity contribution in [2.24, 2.45) is 5.92 Å². The van der Waals surface area contributed by atoms with Crippen LogP contribution in [0.2, 0.25) is 0 Å². The number of nitrogens with zero attached hydrogens (tertiary/aromatic N) is 1. The van der Waals surface area contributed by atoms with Crippen molar-refractivity contribution < 1.29 is 26.5 Å². The van der Waals surface area contributed by atoms with Crippen LogP contribution in [-0.2, 0) is 28.0 Å². The molecule has 0 unspecified atom stereocenters. The number of furan rings is 1. The van der Waals surface area contributed by atoms with Crippen LogP contribution in [-0.4, -0.2) is 32.1 Å². The fourth-order valence-electron chi connectivity index (χ4n) is 2.47. The molecule has 0 spiro atoms. The number of benzene rings is 1. The lowest BCUT2D eigenvalue weighted by Crippen LogP contribution is -2.33. The molecule has 1 amide bonds. The fraction of sp³-hybridized carbons (Fsp3) is 0.421. The monoisotopic (exact) mass is 395 g/mol. The SMILES string of the molecule is CCS(=O)(=O)Oc1cc(CN(Cc2ccco2)C(=O)C(C)C)ccc1OC. The summed E-state index contributed by atoms with van der Waals surface area (Å²) < 4.78 is 39.3. The summed E-state index contributed by atoms with van der Waals surface area (Å²) in [5, 5.41) is 0. The standard InChI is InChI=1S/C19H25NO6S/c1-5-27(22,23)26-18-11-15(8-9-17(18)24-4)12-20(19(21)14(2)3)13-16-7-6-10-25-16/h6-11,14H,5,12-13H2,1-4H3. The highest BCUT2D eigenvalue weighted by Crippen LogP contribution is 2.30. The average molecular weight is 395 g/mol. The van der Waals surface area contributed by atoms with Crippen LogP contribution in [0.1, 0.15) is 32.1 Å². The van der Waals surface area contributed by atoms with E-state index in [1.54, 1.807) is 41.5 Å². The molecule has 0 radical (unpaired) electrons. The van der Waals surface area contributed by atoms with Crippen LogP contribution in [0.3, 0.4) is 0 Å². The predicted octanol–water partition coefficient (Wildman–Crippen LogP) is 3.20. The third-order valence-corrected chi connectivity index (χ3v) is 5.04. The molecule has 0 bridgehead atoms. The van der Waals surface area contributed by atoms with E-state index >= 15 is 0 Å². The number of amides is 1. The van der Waals surface area contributed by atoms with Crippen LogP contribution in [0.5, 0.6) is 11.5 Å². The van der Waals surface area contributed by atoms with Gasteiger partial charge in [0.1, 0.15) is 5.76 Å². The molecule has 2 rings (SSSR count). The quantitative estimate of drug-likeness (QED) is 0.606. The first-order valence-corrected chi connectivity index (χ1v) is 10.2. The maximum Gasteiger partial charge on any atom is 0.309 e. The summed E-state index contributed by atoms with van der Waals surface area (Å²) in [7, 11) is -2.26. The second-order valence-electron chi connectivity index (χ2n) is 6.34. The maximum atomic E-state index is 12.6. The summed E-state index contributed by atoms with van der Waals surface area (Å²) in [5.74, 6) is 0.703. The first-order chi connectivity index (χ1) is 12.8. The third kappa shape index (κ3) is 5.75. The lowest BCUT2D eigenvalue weighted by molar-refractivity contribution is -0.136. The van der Waals surface area contributed by atoms with E-state index in [1.807, 2.05) is 13.8 Å². The van der Waals surface area contributed by atoms with Gasteiger partial charge in [0.2, 0.25) is 5.91 Å². The van der Waals surface area contributed by atoms with Gasteiger partial charge in [-0.25, -0.2) is 0 Å². The van der Waals surface area contributed by atoms with Crippen molar-refractivity contribution in [1.29, 1.82) is 0 Å². The van der Waals surface area contributed by atoms with Gasteiger partial charge in [0.25, 0.3) is 0 Å². The van der Waals surface area contributed by atoms with Crippen molar-refractivity contribution in [1.82, 2.24) is 4.90 Å². The van der Waals surface area contributed by atoms with Gasteiger partial charge < -0.3 is 18.2 Å². The van der Waals surface area contributed by atoms with Crippen molar-refractivity contribution in [3.8, 4) is 11.5 Å². The van der Waals surface area contributed by atoms with Gasteiger partial charge in [-0.05, 0) is 36.8 Å². The number of methoxy groups -OCH3 is 1. The number of rotatable bonds is 9. The molecular formula is C19H25NO6S. The van der Waals surface area contributed by atoms with E-state index in [2.05, 4.69) is 0 Å². The molecular weight excluding hydrogens is 370 g/mol. The first kappa shape index (κ1) is 20.8. The van der Waals surface area contributed by atoms with E-state index in [4.69, 9.17) is 13.3 Å². The number of carbonyl (C=O) groups is 1. The molecule has 0 fully saturated rings. The van der Waals surface area contributed by atoms with E-state index in [0.717, 1.165) is 5.56 Å². The van der Waals surface area contributed by atoms with Crippen LogP contribution in [0.4, 0.5) is 0 Å². The van der Waals surface area contributed by atoms with Gasteiger partial charge in [-0.3, -0.25) is 4.79 Å². The van der Waals surface area contributed by atoms with Crippen LogP contribution in [0.15, 0.2) is 41.0 Å². The molecule has 0 saturated heterocycles. The lowest BCUT2D eigenvalue weighted by Gasteiger charge is -2.24. The predicted molar refractivity (Wildman–Crippen MR) is 101 cm³/mol. The molecule has 0 aliphatic carbocycles. The Kier molecular flexibility index (Phi) is 6.90. The molecule has 1 aromatic carbocycles. The van der Waals surface area contributed by atoms with Gasteiger partial charge in [-0.2, -0.15) is 8.42 Å². The van der Waals surface area contributed by atoms with Crippen molar-refractivity contribution >= 4 is 16.0 Å².